The predicted octanol–water partition coefficient (Wildman–Crippen LogP) is 2.19. The van der Waals surface area contributed by atoms with E-state index in [9.17, 15) is 13.2 Å². The minimum absolute atomic E-state index is 0.0236. The number of halogens is 1. The number of carbonyl (C=O) groups excluding carboxylic acids is 1. The van der Waals surface area contributed by atoms with Gasteiger partial charge in [0, 0.05) is 38.3 Å². The molecule has 0 saturated carbocycles. The second kappa shape index (κ2) is 8.12. The molecule has 0 spiro atoms. The Kier molecular flexibility index (Phi) is 6.02. The number of rotatable bonds is 5. The Labute approximate surface area is 168 Å². The van der Waals surface area contributed by atoms with Gasteiger partial charge < -0.3 is 4.90 Å². The zero-order chi connectivity index (χ0) is 19.6. The van der Waals surface area contributed by atoms with Crippen LogP contribution in [0.3, 0.4) is 0 Å². The largest absolute Gasteiger partial charge is 0.340 e. The van der Waals surface area contributed by atoms with Gasteiger partial charge in [0.2, 0.25) is 15.9 Å². The molecule has 0 atom stereocenters. The van der Waals surface area contributed by atoms with E-state index in [2.05, 4.69) is 21.0 Å². The molecule has 7 nitrogen and oxygen atoms in total. The molecule has 2 heterocycles. The summed E-state index contributed by atoms with van der Waals surface area (Å²) in [5.74, 6) is 0.0236. The molecule has 3 rings (SSSR count). The van der Waals surface area contributed by atoms with Crippen LogP contribution in [0.2, 0.25) is 0 Å². The molecule has 0 radical (unpaired) electrons. The van der Waals surface area contributed by atoms with E-state index in [-0.39, 0.29) is 5.91 Å². The van der Waals surface area contributed by atoms with E-state index >= 15 is 0 Å². The highest BCUT2D eigenvalue weighted by Gasteiger charge is 2.29. The number of hydrogen-bond donors (Lipinski definition) is 0. The molecular weight excluding hydrogens is 432 g/mol. The first-order valence-electron chi connectivity index (χ1n) is 8.83. The van der Waals surface area contributed by atoms with E-state index in [0.717, 1.165) is 15.9 Å². The third-order valence-corrected chi connectivity index (χ3v) is 7.86. The van der Waals surface area contributed by atoms with Gasteiger partial charge in [-0.2, -0.15) is 9.40 Å². The first-order chi connectivity index (χ1) is 12.8. The summed E-state index contributed by atoms with van der Waals surface area (Å²) in [7, 11) is -3.50. The van der Waals surface area contributed by atoms with Crippen molar-refractivity contribution >= 4 is 31.9 Å². The van der Waals surface area contributed by atoms with Crippen molar-refractivity contribution in [1.82, 2.24) is 19.0 Å². The number of aromatic nitrogens is 2. The van der Waals surface area contributed by atoms with Crippen LogP contribution in [0.5, 0.6) is 0 Å². The fraction of sp³-hybridized carbons (Fsp3) is 0.444. The summed E-state index contributed by atoms with van der Waals surface area (Å²) in [6.07, 6.45) is 0.347. The summed E-state index contributed by atoms with van der Waals surface area (Å²) in [6.45, 7) is 5.84. The molecule has 1 aromatic carbocycles. The van der Waals surface area contributed by atoms with Crippen LogP contribution in [0.4, 0.5) is 0 Å². The molecule has 1 fully saturated rings. The van der Waals surface area contributed by atoms with E-state index in [1.165, 1.54) is 4.31 Å². The maximum absolute atomic E-state index is 12.7. The molecule has 0 aliphatic carbocycles. The highest BCUT2D eigenvalue weighted by molar-refractivity contribution is 9.10. The van der Waals surface area contributed by atoms with Gasteiger partial charge in [-0.05, 0) is 41.9 Å². The van der Waals surface area contributed by atoms with Gasteiger partial charge >= 0.3 is 0 Å². The Bertz CT molecular complexity index is 920. The van der Waals surface area contributed by atoms with Crippen molar-refractivity contribution in [2.24, 2.45) is 0 Å². The van der Waals surface area contributed by atoms with Gasteiger partial charge in [-0.25, -0.2) is 8.42 Å². The average Bonchev–Trinajstić information content (AvgIpc) is 2.93. The summed E-state index contributed by atoms with van der Waals surface area (Å²) in [5.41, 5.74) is 1.90. The lowest BCUT2D eigenvalue weighted by molar-refractivity contribution is -0.132. The number of hydrogen-bond acceptors (Lipinski definition) is 4. The third kappa shape index (κ3) is 4.25. The second-order valence-corrected chi connectivity index (χ2v) is 9.29. The van der Waals surface area contributed by atoms with Crippen molar-refractivity contribution in [2.45, 2.75) is 31.7 Å². The van der Waals surface area contributed by atoms with Crippen LogP contribution < -0.4 is 0 Å². The van der Waals surface area contributed by atoms with E-state index < -0.39 is 10.0 Å². The lowest BCUT2D eigenvalue weighted by Crippen LogP contribution is -2.50. The van der Waals surface area contributed by atoms with Gasteiger partial charge in [0.05, 0.1) is 21.6 Å². The number of amides is 1. The number of aryl methyl sites for hydroxylation is 2. The van der Waals surface area contributed by atoms with E-state index in [1.54, 1.807) is 35.2 Å². The molecule has 146 valence electrons. The van der Waals surface area contributed by atoms with Gasteiger partial charge in [0.15, 0.2) is 0 Å². The normalized spacial score (nSPS) is 15.9. The number of benzene rings is 1. The molecule has 1 saturated heterocycles. The molecule has 0 unspecified atom stereocenters. The van der Waals surface area contributed by atoms with Crippen molar-refractivity contribution < 1.29 is 13.2 Å². The number of carbonyl (C=O) groups is 1. The van der Waals surface area contributed by atoms with Gasteiger partial charge in [-0.15, -0.1) is 0 Å². The zero-order valence-electron chi connectivity index (χ0n) is 15.4. The van der Waals surface area contributed by atoms with Crippen LogP contribution in [0.15, 0.2) is 39.7 Å². The molecule has 1 amide bonds. The number of piperazine rings is 1. The average molecular weight is 455 g/mol. The van der Waals surface area contributed by atoms with Gasteiger partial charge in [-0.3, -0.25) is 9.48 Å². The smallest absolute Gasteiger partial charge is 0.243 e. The summed E-state index contributed by atoms with van der Waals surface area (Å²) >= 11 is 3.49. The van der Waals surface area contributed by atoms with E-state index in [1.807, 2.05) is 18.5 Å². The van der Waals surface area contributed by atoms with Crippen molar-refractivity contribution in [1.29, 1.82) is 0 Å². The summed E-state index contributed by atoms with van der Waals surface area (Å²) < 4.78 is 29.5. The Morgan fingerprint density at radius 2 is 1.74 bits per heavy atom. The Morgan fingerprint density at radius 1 is 1.11 bits per heavy atom. The summed E-state index contributed by atoms with van der Waals surface area (Å²) in [6, 6.07) is 8.41. The molecule has 2 aromatic rings. The maximum Gasteiger partial charge on any atom is 0.243 e. The van der Waals surface area contributed by atoms with E-state index in [4.69, 9.17) is 0 Å². The Morgan fingerprint density at radius 3 is 2.30 bits per heavy atom. The molecule has 27 heavy (non-hydrogen) atoms. The maximum atomic E-state index is 12.7. The molecule has 1 aliphatic rings. The quantitative estimate of drug-likeness (QED) is 0.693. The van der Waals surface area contributed by atoms with Crippen molar-refractivity contribution in [3.8, 4) is 0 Å². The third-order valence-electron chi connectivity index (χ3n) is 4.80. The molecule has 9 heteroatoms. The molecular formula is C18H23BrN4O3S. The molecule has 1 aliphatic heterocycles. The van der Waals surface area contributed by atoms with Crippen LogP contribution in [0.25, 0.3) is 0 Å². The summed E-state index contributed by atoms with van der Waals surface area (Å²) in [5, 5.41) is 4.42. The SMILES string of the molecule is Cc1nn(CCC(=O)N2CCN(S(=O)(=O)c3ccccc3)CC2)c(C)c1Br. The first-order valence-corrected chi connectivity index (χ1v) is 11.1. The predicted molar refractivity (Wildman–Crippen MR) is 106 cm³/mol. The highest BCUT2D eigenvalue weighted by Crippen LogP contribution is 2.20. The van der Waals surface area contributed by atoms with Gasteiger partial charge in [-0.1, -0.05) is 18.2 Å². The van der Waals surface area contributed by atoms with Crippen molar-refractivity contribution in [2.75, 3.05) is 26.2 Å². The Balaban J connectivity index is 1.56. The van der Waals surface area contributed by atoms with Gasteiger partial charge in [0.1, 0.15) is 0 Å². The lowest BCUT2D eigenvalue weighted by Gasteiger charge is -2.34. The van der Waals surface area contributed by atoms with Crippen molar-refractivity contribution in [3.05, 3.63) is 46.2 Å². The second-order valence-electron chi connectivity index (χ2n) is 6.56. The van der Waals surface area contributed by atoms with Crippen LogP contribution in [0.1, 0.15) is 17.8 Å². The number of nitrogens with zero attached hydrogens (tertiary/aromatic N) is 4. The Hall–Kier alpha value is -1.71. The van der Waals surface area contributed by atoms with Crippen molar-refractivity contribution in [3.63, 3.8) is 0 Å². The minimum Gasteiger partial charge on any atom is -0.340 e. The molecule has 1 aromatic heterocycles. The standard InChI is InChI=1S/C18H23BrN4O3S/c1-14-18(19)15(2)23(20-14)9-8-17(24)21-10-12-22(13-11-21)27(25,26)16-6-4-3-5-7-16/h3-7H,8-13H2,1-2H3. The first kappa shape index (κ1) is 20.0. The minimum atomic E-state index is -3.50. The zero-order valence-corrected chi connectivity index (χ0v) is 17.8. The van der Waals surface area contributed by atoms with Gasteiger partial charge in [0.25, 0.3) is 0 Å². The van der Waals surface area contributed by atoms with Crippen LogP contribution in [-0.4, -0.2) is 59.5 Å². The topological polar surface area (TPSA) is 75.5 Å². The van der Waals surface area contributed by atoms with E-state index in [0.29, 0.717) is 44.0 Å². The lowest BCUT2D eigenvalue weighted by atomic mass is 10.3. The fourth-order valence-corrected chi connectivity index (χ4v) is 4.90. The monoisotopic (exact) mass is 454 g/mol. The van der Waals surface area contributed by atoms with Crippen LogP contribution >= 0.6 is 15.9 Å². The van der Waals surface area contributed by atoms with Crippen LogP contribution in [-0.2, 0) is 21.4 Å². The summed E-state index contributed by atoms with van der Waals surface area (Å²) in [4.78, 5) is 14.5. The van der Waals surface area contributed by atoms with Crippen LogP contribution in [0, 0.1) is 13.8 Å². The fourth-order valence-electron chi connectivity index (χ4n) is 3.17. The highest BCUT2D eigenvalue weighted by atomic mass is 79.9. The molecule has 0 N–H and O–H groups in total. The number of sulfonamides is 1. The molecule has 0 bridgehead atoms.